The number of rotatable bonds is 3. The lowest BCUT2D eigenvalue weighted by Gasteiger charge is -2.32. The molecule has 1 aromatic rings. The summed E-state index contributed by atoms with van der Waals surface area (Å²) in [7, 11) is 0. The van der Waals surface area contributed by atoms with Crippen LogP contribution in [0, 0.1) is 0 Å². The van der Waals surface area contributed by atoms with Crippen LogP contribution in [0.2, 0.25) is 5.02 Å². The summed E-state index contributed by atoms with van der Waals surface area (Å²) in [5.41, 5.74) is 3.40. The van der Waals surface area contributed by atoms with Gasteiger partial charge in [0.2, 0.25) is 0 Å². The van der Waals surface area contributed by atoms with Gasteiger partial charge in [-0.15, -0.1) is 0 Å². The minimum absolute atomic E-state index is 0.0157. The molecule has 0 bridgehead atoms. The Morgan fingerprint density at radius 2 is 2.08 bits per heavy atom. The Labute approximate surface area is 164 Å². The van der Waals surface area contributed by atoms with E-state index in [0.29, 0.717) is 22.8 Å². The molecular formula is C19H17BrClNO4. The number of hydrogen-bond acceptors (Lipinski definition) is 5. The Kier molecular flexibility index (Phi) is 4.67. The van der Waals surface area contributed by atoms with Gasteiger partial charge in [0.15, 0.2) is 5.78 Å². The fourth-order valence-electron chi connectivity index (χ4n) is 3.76. The molecule has 0 spiro atoms. The Morgan fingerprint density at radius 3 is 2.81 bits per heavy atom. The van der Waals surface area contributed by atoms with Crippen LogP contribution in [0.25, 0.3) is 0 Å². The fourth-order valence-corrected chi connectivity index (χ4v) is 4.28. The first kappa shape index (κ1) is 17.8. The van der Waals surface area contributed by atoms with Crippen LogP contribution in [0.1, 0.15) is 31.2 Å². The van der Waals surface area contributed by atoms with Crippen molar-refractivity contribution in [3.05, 3.63) is 55.8 Å². The van der Waals surface area contributed by atoms with Crippen LogP contribution < -0.4 is 5.32 Å². The van der Waals surface area contributed by atoms with E-state index in [2.05, 4.69) is 21.2 Å². The minimum atomic E-state index is -0.472. The number of halogens is 2. The van der Waals surface area contributed by atoms with Crippen LogP contribution in [-0.4, -0.2) is 31.1 Å². The molecule has 3 aliphatic heterocycles. The Balaban J connectivity index is 1.89. The van der Waals surface area contributed by atoms with Gasteiger partial charge in [0.25, 0.3) is 0 Å². The zero-order valence-electron chi connectivity index (χ0n) is 14.1. The molecule has 0 aliphatic carbocycles. The second-order valence-electron chi connectivity index (χ2n) is 6.55. The van der Waals surface area contributed by atoms with Gasteiger partial charge >= 0.3 is 5.97 Å². The van der Waals surface area contributed by atoms with Gasteiger partial charge in [-0.25, -0.2) is 4.79 Å². The molecule has 3 heterocycles. The third-order valence-corrected chi connectivity index (χ3v) is 6.09. The van der Waals surface area contributed by atoms with E-state index in [0.717, 1.165) is 34.3 Å². The lowest BCUT2D eigenvalue weighted by atomic mass is 9.78. The second-order valence-corrected chi connectivity index (χ2v) is 7.81. The van der Waals surface area contributed by atoms with Crippen LogP contribution in [0.5, 0.6) is 0 Å². The van der Waals surface area contributed by atoms with Crippen LogP contribution in [0.15, 0.2) is 45.2 Å². The van der Waals surface area contributed by atoms with E-state index < -0.39 is 5.92 Å². The van der Waals surface area contributed by atoms with E-state index in [1.165, 1.54) is 0 Å². The number of esters is 1. The summed E-state index contributed by atoms with van der Waals surface area (Å²) in [6.07, 6.45) is 1.30. The summed E-state index contributed by atoms with van der Waals surface area (Å²) in [6.45, 7) is 2.37. The highest BCUT2D eigenvalue weighted by atomic mass is 79.9. The maximum atomic E-state index is 12.7. The molecule has 5 nitrogen and oxygen atoms in total. The zero-order valence-corrected chi connectivity index (χ0v) is 16.4. The van der Waals surface area contributed by atoms with Crippen molar-refractivity contribution in [3.8, 4) is 0 Å². The highest BCUT2D eigenvalue weighted by molar-refractivity contribution is 9.10. The number of dihydropyridines is 1. The van der Waals surface area contributed by atoms with Crippen molar-refractivity contribution in [2.24, 2.45) is 0 Å². The number of ketones is 1. The zero-order chi connectivity index (χ0) is 18.4. The molecular weight excluding hydrogens is 422 g/mol. The fraction of sp³-hybridized carbons (Fsp3) is 0.368. The van der Waals surface area contributed by atoms with Crippen molar-refractivity contribution >= 4 is 39.3 Å². The smallest absolute Gasteiger partial charge is 0.337 e. The SMILES string of the molecule is CCC[C@H]1OC(=O)C2=C1NC1=C(C(=O)COC1)[C@H]2c1ccc(Cl)c(Br)c1. The molecule has 1 N–H and O–H groups in total. The predicted octanol–water partition coefficient (Wildman–Crippen LogP) is 3.62. The van der Waals surface area contributed by atoms with E-state index in [4.69, 9.17) is 21.1 Å². The molecule has 136 valence electrons. The summed E-state index contributed by atoms with van der Waals surface area (Å²) in [5, 5.41) is 3.84. The number of carbonyl (C=O) groups is 2. The molecule has 0 saturated carbocycles. The molecule has 3 aliphatic rings. The lowest BCUT2D eigenvalue weighted by Crippen LogP contribution is -2.38. The molecule has 0 saturated heterocycles. The van der Waals surface area contributed by atoms with Crippen molar-refractivity contribution in [1.29, 1.82) is 0 Å². The van der Waals surface area contributed by atoms with Gasteiger partial charge in [0, 0.05) is 21.7 Å². The van der Waals surface area contributed by atoms with E-state index >= 15 is 0 Å². The van der Waals surface area contributed by atoms with Crippen molar-refractivity contribution < 1.29 is 19.1 Å². The molecule has 1 aromatic carbocycles. The number of cyclic esters (lactones) is 1. The Bertz CT molecular complexity index is 876. The van der Waals surface area contributed by atoms with E-state index in [9.17, 15) is 9.59 Å². The van der Waals surface area contributed by atoms with Crippen molar-refractivity contribution in [3.63, 3.8) is 0 Å². The van der Waals surface area contributed by atoms with Crippen LogP contribution in [-0.2, 0) is 19.1 Å². The third kappa shape index (κ3) is 2.80. The van der Waals surface area contributed by atoms with Crippen molar-refractivity contribution in [2.45, 2.75) is 31.8 Å². The summed E-state index contributed by atoms with van der Waals surface area (Å²) in [5.74, 6) is -0.957. The van der Waals surface area contributed by atoms with Crippen molar-refractivity contribution in [1.82, 2.24) is 5.32 Å². The average molecular weight is 439 g/mol. The average Bonchev–Trinajstić information content (AvgIpc) is 2.92. The van der Waals surface area contributed by atoms with Crippen LogP contribution >= 0.6 is 27.5 Å². The first-order valence-corrected chi connectivity index (χ1v) is 9.69. The molecule has 0 unspecified atom stereocenters. The monoisotopic (exact) mass is 437 g/mol. The maximum Gasteiger partial charge on any atom is 0.337 e. The van der Waals surface area contributed by atoms with E-state index in [1.54, 1.807) is 6.07 Å². The summed E-state index contributed by atoms with van der Waals surface area (Å²) < 4.78 is 11.7. The van der Waals surface area contributed by atoms with Gasteiger partial charge in [0.1, 0.15) is 12.7 Å². The van der Waals surface area contributed by atoms with Gasteiger partial charge in [-0.05, 0) is 40.0 Å². The van der Waals surface area contributed by atoms with Gasteiger partial charge < -0.3 is 14.8 Å². The first-order chi connectivity index (χ1) is 12.5. The number of hydrogen-bond donors (Lipinski definition) is 1. The predicted molar refractivity (Wildman–Crippen MR) is 99.7 cm³/mol. The van der Waals surface area contributed by atoms with Gasteiger partial charge in [-0.1, -0.05) is 31.0 Å². The highest BCUT2D eigenvalue weighted by Gasteiger charge is 2.46. The topological polar surface area (TPSA) is 64.6 Å². The number of Topliss-reactive ketones (excluding diaryl/α,β-unsaturated/α-hetero) is 1. The molecule has 0 aromatic heterocycles. The third-order valence-electron chi connectivity index (χ3n) is 4.88. The summed E-state index contributed by atoms with van der Waals surface area (Å²) in [6, 6.07) is 5.47. The molecule has 0 radical (unpaired) electrons. The van der Waals surface area contributed by atoms with Crippen molar-refractivity contribution in [2.75, 3.05) is 13.2 Å². The molecule has 0 amide bonds. The van der Waals surface area contributed by atoms with E-state index in [1.807, 2.05) is 19.1 Å². The van der Waals surface area contributed by atoms with E-state index in [-0.39, 0.29) is 24.5 Å². The largest absolute Gasteiger partial charge is 0.452 e. The molecule has 7 heteroatoms. The number of ether oxygens (including phenoxy) is 2. The Morgan fingerprint density at radius 1 is 1.27 bits per heavy atom. The summed E-state index contributed by atoms with van der Waals surface area (Å²) >= 11 is 9.56. The molecule has 0 fully saturated rings. The first-order valence-electron chi connectivity index (χ1n) is 8.52. The Hall–Kier alpha value is -1.63. The highest BCUT2D eigenvalue weighted by Crippen LogP contribution is 2.45. The minimum Gasteiger partial charge on any atom is -0.452 e. The standard InChI is InChI=1S/C19H17BrClNO4/c1-2-3-14-18-17(19(24)26-14)15(9-4-5-11(21)10(20)6-9)16-12(22-18)7-25-8-13(16)23/h4-6,14-15,22H,2-3,7-8H2,1H3/t14-,15-/m1/s1. The maximum absolute atomic E-state index is 12.7. The number of benzene rings is 1. The molecule has 4 rings (SSSR count). The van der Waals surface area contributed by atoms with Gasteiger partial charge in [-0.2, -0.15) is 0 Å². The van der Waals surface area contributed by atoms with Crippen LogP contribution in [0.4, 0.5) is 0 Å². The quantitative estimate of drug-likeness (QED) is 0.730. The molecule has 2 atom stereocenters. The summed E-state index contributed by atoms with van der Waals surface area (Å²) in [4.78, 5) is 25.3. The number of carbonyl (C=O) groups excluding carboxylic acids is 2. The van der Waals surface area contributed by atoms with Gasteiger partial charge in [-0.3, -0.25) is 4.79 Å². The molecule has 26 heavy (non-hydrogen) atoms. The van der Waals surface area contributed by atoms with Crippen LogP contribution in [0.3, 0.4) is 0 Å². The van der Waals surface area contributed by atoms with Gasteiger partial charge in [0.05, 0.1) is 22.9 Å². The lowest BCUT2D eigenvalue weighted by molar-refractivity contribution is -0.140. The number of nitrogens with one attached hydrogen (secondary N) is 1. The second kappa shape index (κ2) is 6.83. The normalized spacial score (nSPS) is 25.0.